The van der Waals surface area contributed by atoms with Gasteiger partial charge in [0.25, 0.3) is 5.91 Å². The standard InChI is InChI=1S/C15H16ClFN6O4S/c16-9-5-8(1-2-10(9)17)20-12(21-26)11-13(23-27-22-11)28-4-3-19-14(24)15(25)6-18-7-15/h1-2,5,18,25-26H,3-4,6-7H2,(H,19,24)(H,20,21). The molecule has 1 amide bonds. The van der Waals surface area contributed by atoms with Gasteiger partial charge in [-0.2, -0.15) is 0 Å². The lowest BCUT2D eigenvalue weighted by molar-refractivity contribution is -0.144. The fourth-order valence-electron chi connectivity index (χ4n) is 2.23. The van der Waals surface area contributed by atoms with E-state index in [2.05, 4.69) is 25.9 Å². The number of carbonyl (C=O) groups is 1. The summed E-state index contributed by atoms with van der Waals surface area (Å²) in [5, 5.41) is 32.3. The Kier molecular flexibility index (Phi) is 6.46. The van der Waals surface area contributed by atoms with Gasteiger partial charge in [-0.15, -0.1) is 0 Å². The highest BCUT2D eigenvalue weighted by Gasteiger charge is 2.41. The van der Waals surface area contributed by atoms with E-state index < -0.39 is 17.3 Å². The third-order valence-corrected chi connectivity index (χ3v) is 5.06. The van der Waals surface area contributed by atoms with Crippen molar-refractivity contribution in [2.24, 2.45) is 4.99 Å². The molecule has 2 aromatic rings. The number of halogens is 2. The van der Waals surface area contributed by atoms with Crippen LogP contribution in [0.1, 0.15) is 5.69 Å². The number of β-amino-alcohol motifs (C(OH)–C–C–N with tert-alkyl or cyclic N) is 1. The first-order valence-corrected chi connectivity index (χ1v) is 9.40. The molecule has 1 aromatic carbocycles. The van der Waals surface area contributed by atoms with E-state index in [0.717, 1.165) is 6.07 Å². The average molecular weight is 431 g/mol. The molecule has 1 aliphatic rings. The van der Waals surface area contributed by atoms with Crippen molar-refractivity contribution < 1.29 is 24.1 Å². The van der Waals surface area contributed by atoms with E-state index in [1.54, 1.807) is 0 Å². The smallest absolute Gasteiger partial charge is 0.254 e. The highest BCUT2D eigenvalue weighted by Crippen LogP contribution is 2.24. The van der Waals surface area contributed by atoms with E-state index in [-0.39, 0.29) is 41.9 Å². The number of benzene rings is 1. The lowest BCUT2D eigenvalue weighted by Gasteiger charge is -2.35. The number of thioether (sulfide) groups is 1. The number of aliphatic imine (C=N–C) groups is 1. The van der Waals surface area contributed by atoms with E-state index in [1.807, 2.05) is 5.48 Å². The molecule has 5 N–H and O–H groups in total. The van der Waals surface area contributed by atoms with Crippen LogP contribution < -0.4 is 16.1 Å². The first-order chi connectivity index (χ1) is 13.4. The van der Waals surface area contributed by atoms with Crippen molar-refractivity contribution >= 4 is 40.8 Å². The van der Waals surface area contributed by atoms with Gasteiger partial charge in [-0.1, -0.05) is 23.4 Å². The Balaban J connectivity index is 1.62. The van der Waals surface area contributed by atoms with Crippen molar-refractivity contribution in [3.8, 4) is 0 Å². The normalized spacial score (nSPS) is 15.8. The second-order valence-corrected chi connectivity index (χ2v) is 7.32. The van der Waals surface area contributed by atoms with Gasteiger partial charge in [0.1, 0.15) is 5.82 Å². The largest absolute Gasteiger partial charge is 0.377 e. The van der Waals surface area contributed by atoms with Gasteiger partial charge in [0.15, 0.2) is 22.2 Å². The molecule has 0 atom stereocenters. The summed E-state index contributed by atoms with van der Waals surface area (Å²) in [6, 6.07) is 3.79. The third-order valence-electron chi connectivity index (χ3n) is 3.82. The van der Waals surface area contributed by atoms with Gasteiger partial charge in [-0.3, -0.25) is 15.5 Å². The maximum Gasteiger partial charge on any atom is 0.254 e. The predicted molar refractivity (Wildman–Crippen MR) is 98.4 cm³/mol. The Labute approximate surface area is 167 Å². The molecule has 0 unspecified atom stereocenters. The van der Waals surface area contributed by atoms with Gasteiger partial charge in [0.2, 0.25) is 0 Å². The Morgan fingerprint density at radius 3 is 2.89 bits per heavy atom. The molecule has 3 rings (SSSR count). The Morgan fingerprint density at radius 2 is 2.25 bits per heavy atom. The molecule has 0 bridgehead atoms. The number of amides is 1. The lowest BCUT2D eigenvalue weighted by atomic mass is 9.96. The molecule has 0 aliphatic carbocycles. The summed E-state index contributed by atoms with van der Waals surface area (Å²) < 4.78 is 17.9. The quantitative estimate of drug-likeness (QED) is 0.139. The molecule has 0 radical (unpaired) electrons. The summed E-state index contributed by atoms with van der Waals surface area (Å²) >= 11 is 6.91. The number of aliphatic hydroxyl groups is 1. The zero-order valence-electron chi connectivity index (χ0n) is 14.3. The van der Waals surface area contributed by atoms with Crippen molar-refractivity contribution in [2.75, 3.05) is 25.4 Å². The van der Waals surface area contributed by atoms with E-state index in [4.69, 9.17) is 16.2 Å². The summed E-state index contributed by atoms with van der Waals surface area (Å²) in [7, 11) is 0. The van der Waals surface area contributed by atoms with E-state index in [1.165, 1.54) is 23.9 Å². The fraction of sp³-hybridized carbons (Fsp3) is 0.333. The summed E-state index contributed by atoms with van der Waals surface area (Å²) in [6.07, 6.45) is 0. The van der Waals surface area contributed by atoms with Gasteiger partial charge in [-0.05, 0) is 28.5 Å². The van der Waals surface area contributed by atoms with Gasteiger partial charge in [-0.25, -0.2) is 14.0 Å². The number of rotatable bonds is 7. The summed E-state index contributed by atoms with van der Waals surface area (Å²) in [5.41, 5.74) is 0.941. The Morgan fingerprint density at radius 1 is 1.46 bits per heavy atom. The van der Waals surface area contributed by atoms with Crippen LogP contribution in [-0.2, 0) is 4.79 Å². The molecule has 0 saturated carbocycles. The molecule has 13 heteroatoms. The lowest BCUT2D eigenvalue weighted by Crippen LogP contribution is -2.67. The number of carbonyl (C=O) groups excluding carboxylic acids is 1. The minimum atomic E-state index is -1.36. The first-order valence-electron chi connectivity index (χ1n) is 8.04. The number of hydrogen-bond acceptors (Lipinski definition) is 9. The first kappa shape index (κ1) is 20.5. The van der Waals surface area contributed by atoms with Crippen molar-refractivity contribution in [3.05, 3.63) is 34.7 Å². The second-order valence-electron chi connectivity index (χ2n) is 5.83. The van der Waals surface area contributed by atoms with Crippen LogP contribution in [0.15, 0.2) is 32.8 Å². The average Bonchev–Trinajstić information content (AvgIpc) is 3.12. The van der Waals surface area contributed by atoms with E-state index >= 15 is 0 Å². The number of nitrogens with zero attached hydrogens (tertiary/aromatic N) is 3. The fourth-order valence-corrected chi connectivity index (χ4v) is 3.16. The second kappa shape index (κ2) is 8.84. The van der Waals surface area contributed by atoms with Crippen LogP contribution >= 0.6 is 23.4 Å². The maximum atomic E-state index is 13.3. The van der Waals surface area contributed by atoms with Crippen molar-refractivity contribution in [3.63, 3.8) is 0 Å². The van der Waals surface area contributed by atoms with Crippen LogP contribution in [0.3, 0.4) is 0 Å². The monoisotopic (exact) mass is 430 g/mol. The maximum absolute atomic E-state index is 13.3. The molecule has 1 aromatic heterocycles. The van der Waals surface area contributed by atoms with E-state index in [0.29, 0.717) is 10.8 Å². The molecule has 1 aliphatic heterocycles. The van der Waals surface area contributed by atoms with Gasteiger partial charge < -0.3 is 15.7 Å². The van der Waals surface area contributed by atoms with Crippen LogP contribution in [-0.4, -0.2) is 63.4 Å². The van der Waals surface area contributed by atoms with Crippen molar-refractivity contribution in [1.82, 2.24) is 26.4 Å². The Hall–Kier alpha value is -2.25. The third kappa shape index (κ3) is 4.59. The number of amidine groups is 1. The predicted octanol–water partition coefficient (Wildman–Crippen LogP) is 0.462. The SMILES string of the molecule is O=C(NCCSc1nonc1C(=Nc1ccc(F)c(Cl)c1)NO)C1(O)CNC1. The molecule has 1 fully saturated rings. The highest BCUT2D eigenvalue weighted by atomic mass is 35.5. The topological polar surface area (TPSA) is 145 Å². The zero-order chi connectivity index (χ0) is 20.1. The minimum absolute atomic E-state index is 0.0784. The molecule has 2 heterocycles. The summed E-state index contributed by atoms with van der Waals surface area (Å²) in [5.74, 6) is -0.719. The molecule has 10 nitrogen and oxygen atoms in total. The number of nitrogens with one attached hydrogen (secondary N) is 3. The molecule has 0 spiro atoms. The summed E-state index contributed by atoms with van der Waals surface area (Å²) in [4.78, 5) is 15.9. The molecule has 150 valence electrons. The molecule has 1 saturated heterocycles. The van der Waals surface area contributed by atoms with Crippen LogP contribution in [0.2, 0.25) is 5.02 Å². The van der Waals surface area contributed by atoms with Crippen LogP contribution in [0.25, 0.3) is 0 Å². The van der Waals surface area contributed by atoms with Crippen LogP contribution in [0, 0.1) is 5.82 Å². The molecular weight excluding hydrogens is 415 g/mol. The zero-order valence-corrected chi connectivity index (χ0v) is 15.8. The van der Waals surface area contributed by atoms with E-state index in [9.17, 15) is 19.5 Å². The van der Waals surface area contributed by atoms with Gasteiger partial charge in [0, 0.05) is 25.4 Å². The summed E-state index contributed by atoms with van der Waals surface area (Å²) in [6.45, 7) is 0.710. The van der Waals surface area contributed by atoms with Crippen molar-refractivity contribution in [2.45, 2.75) is 10.6 Å². The Bertz CT molecular complexity index is 891. The highest BCUT2D eigenvalue weighted by molar-refractivity contribution is 7.99. The molecular formula is C15H16ClFN6O4S. The number of aromatic nitrogens is 2. The van der Waals surface area contributed by atoms with Crippen LogP contribution in [0.5, 0.6) is 0 Å². The van der Waals surface area contributed by atoms with Crippen LogP contribution in [0.4, 0.5) is 10.1 Å². The van der Waals surface area contributed by atoms with Gasteiger partial charge in [0.05, 0.1) is 10.7 Å². The van der Waals surface area contributed by atoms with Gasteiger partial charge >= 0.3 is 0 Å². The molecule has 28 heavy (non-hydrogen) atoms. The number of hydroxylamine groups is 1. The minimum Gasteiger partial charge on any atom is -0.377 e. The number of hydrogen-bond donors (Lipinski definition) is 5. The van der Waals surface area contributed by atoms with Crippen molar-refractivity contribution in [1.29, 1.82) is 0 Å².